The second-order valence-electron chi connectivity index (χ2n) is 7.73. The van der Waals surface area contributed by atoms with Gasteiger partial charge in [0.15, 0.2) is 0 Å². The Balaban J connectivity index is 1.94. The van der Waals surface area contributed by atoms with Gasteiger partial charge in [0, 0.05) is 24.5 Å². The lowest BCUT2D eigenvalue weighted by molar-refractivity contribution is -0.140. The number of nitrogens with zero attached hydrogens (tertiary/aromatic N) is 1. The minimum atomic E-state index is -0.548. The highest BCUT2D eigenvalue weighted by molar-refractivity contribution is 6.30. The molecule has 0 spiro atoms. The highest BCUT2D eigenvalue weighted by atomic mass is 35.5. The molecular formula is C24H31ClN2O3. The average molecular weight is 431 g/mol. The van der Waals surface area contributed by atoms with E-state index in [2.05, 4.69) is 5.32 Å². The molecule has 30 heavy (non-hydrogen) atoms. The van der Waals surface area contributed by atoms with E-state index >= 15 is 0 Å². The largest absolute Gasteiger partial charge is 0.494 e. The van der Waals surface area contributed by atoms with Crippen molar-refractivity contribution in [1.29, 1.82) is 0 Å². The van der Waals surface area contributed by atoms with Crippen LogP contribution in [-0.4, -0.2) is 35.9 Å². The Morgan fingerprint density at radius 1 is 1.03 bits per heavy atom. The topological polar surface area (TPSA) is 58.6 Å². The van der Waals surface area contributed by atoms with Crippen molar-refractivity contribution in [1.82, 2.24) is 10.2 Å². The molecule has 2 rings (SSSR count). The van der Waals surface area contributed by atoms with Crippen molar-refractivity contribution in [3.8, 4) is 5.75 Å². The molecule has 2 aromatic carbocycles. The molecule has 0 aliphatic rings. The third-order valence-corrected chi connectivity index (χ3v) is 4.92. The predicted octanol–water partition coefficient (Wildman–Crippen LogP) is 4.69. The van der Waals surface area contributed by atoms with Gasteiger partial charge in [0.25, 0.3) is 0 Å². The number of benzene rings is 2. The number of hydrogen-bond acceptors (Lipinski definition) is 3. The van der Waals surface area contributed by atoms with Crippen molar-refractivity contribution in [3.63, 3.8) is 0 Å². The average Bonchev–Trinajstić information content (AvgIpc) is 2.74. The molecule has 0 saturated heterocycles. The lowest BCUT2D eigenvalue weighted by Crippen LogP contribution is -2.48. The fourth-order valence-corrected chi connectivity index (χ4v) is 3.03. The fourth-order valence-electron chi connectivity index (χ4n) is 2.90. The molecule has 1 atom stereocenters. The Morgan fingerprint density at radius 3 is 2.33 bits per heavy atom. The van der Waals surface area contributed by atoms with Crippen LogP contribution in [0.3, 0.4) is 0 Å². The van der Waals surface area contributed by atoms with Crippen LogP contribution in [0.2, 0.25) is 5.02 Å². The molecule has 1 unspecified atom stereocenters. The fraction of sp³-hybridized carbons (Fsp3) is 0.417. The van der Waals surface area contributed by atoms with Gasteiger partial charge in [-0.05, 0) is 49.1 Å². The summed E-state index contributed by atoms with van der Waals surface area (Å²) < 4.78 is 5.67. The monoisotopic (exact) mass is 430 g/mol. The Bertz CT molecular complexity index is 794. The van der Waals surface area contributed by atoms with Crippen molar-refractivity contribution in [2.75, 3.05) is 13.2 Å². The molecule has 1 N–H and O–H groups in total. The maximum Gasteiger partial charge on any atom is 0.242 e. The smallest absolute Gasteiger partial charge is 0.242 e. The van der Waals surface area contributed by atoms with Gasteiger partial charge in [-0.2, -0.15) is 0 Å². The number of ether oxygens (including phenoxy) is 1. The van der Waals surface area contributed by atoms with E-state index < -0.39 is 6.04 Å². The lowest BCUT2D eigenvalue weighted by atomic mass is 10.1. The zero-order valence-corrected chi connectivity index (χ0v) is 18.7. The molecular weight excluding hydrogens is 400 g/mol. The number of halogens is 1. The summed E-state index contributed by atoms with van der Waals surface area (Å²) in [4.78, 5) is 27.2. The summed E-state index contributed by atoms with van der Waals surface area (Å²) in [6.45, 7) is 7.26. The Morgan fingerprint density at radius 2 is 1.70 bits per heavy atom. The summed E-state index contributed by atoms with van der Waals surface area (Å²) in [6.07, 6.45) is 0.870. The van der Waals surface area contributed by atoms with Crippen LogP contribution >= 0.6 is 11.6 Å². The van der Waals surface area contributed by atoms with E-state index in [4.69, 9.17) is 16.3 Å². The molecule has 0 fully saturated rings. The number of amides is 2. The molecule has 0 heterocycles. The molecule has 6 heteroatoms. The number of carbonyl (C=O) groups is 2. The SMILES string of the molecule is CC(C)CNC(=O)C(C)N(Cc1ccccc1)C(=O)CCCOc1ccc(Cl)cc1. The summed E-state index contributed by atoms with van der Waals surface area (Å²) >= 11 is 5.87. The van der Waals surface area contributed by atoms with Gasteiger partial charge in [-0.25, -0.2) is 0 Å². The van der Waals surface area contributed by atoms with Gasteiger partial charge in [-0.3, -0.25) is 9.59 Å². The van der Waals surface area contributed by atoms with E-state index in [-0.39, 0.29) is 11.8 Å². The van der Waals surface area contributed by atoms with Gasteiger partial charge in [0.05, 0.1) is 6.61 Å². The van der Waals surface area contributed by atoms with Gasteiger partial charge < -0.3 is 15.0 Å². The van der Waals surface area contributed by atoms with Crippen LogP contribution in [0.4, 0.5) is 0 Å². The highest BCUT2D eigenvalue weighted by Gasteiger charge is 2.25. The van der Waals surface area contributed by atoms with E-state index in [0.29, 0.717) is 43.5 Å². The third kappa shape index (κ3) is 8.07. The Labute approximate surface area is 184 Å². The van der Waals surface area contributed by atoms with Gasteiger partial charge in [-0.1, -0.05) is 55.8 Å². The minimum absolute atomic E-state index is 0.0641. The molecule has 0 bridgehead atoms. The van der Waals surface area contributed by atoms with E-state index in [1.807, 2.05) is 44.2 Å². The summed E-state index contributed by atoms with van der Waals surface area (Å²) in [5.41, 5.74) is 0.992. The van der Waals surface area contributed by atoms with Crippen molar-refractivity contribution in [2.24, 2.45) is 5.92 Å². The van der Waals surface area contributed by atoms with Crippen LogP contribution in [0, 0.1) is 5.92 Å². The minimum Gasteiger partial charge on any atom is -0.494 e. The first-order valence-electron chi connectivity index (χ1n) is 10.4. The quantitative estimate of drug-likeness (QED) is 0.526. The van der Waals surface area contributed by atoms with E-state index in [9.17, 15) is 9.59 Å². The molecule has 162 valence electrons. The predicted molar refractivity (Wildman–Crippen MR) is 120 cm³/mol. The van der Waals surface area contributed by atoms with Crippen LogP contribution in [0.25, 0.3) is 0 Å². The Kier molecular flexibility index (Phi) is 9.68. The standard InChI is InChI=1S/C24H31ClN2O3/c1-18(2)16-26-24(29)19(3)27(17-20-8-5-4-6-9-20)23(28)10-7-15-30-22-13-11-21(25)12-14-22/h4-6,8-9,11-14,18-19H,7,10,15-17H2,1-3H3,(H,26,29). The van der Waals surface area contributed by atoms with E-state index in [1.165, 1.54) is 0 Å². The van der Waals surface area contributed by atoms with Gasteiger partial charge in [0.1, 0.15) is 11.8 Å². The highest BCUT2D eigenvalue weighted by Crippen LogP contribution is 2.16. The number of hydrogen-bond donors (Lipinski definition) is 1. The first-order valence-corrected chi connectivity index (χ1v) is 10.7. The molecule has 0 aliphatic heterocycles. The first kappa shape index (κ1) is 23.7. The molecule has 2 amide bonds. The Hall–Kier alpha value is -2.53. The molecule has 0 aliphatic carbocycles. The summed E-state index contributed by atoms with van der Waals surface area (Å²) in [7, 11) is 0. The zero-order valence-electron chi connectivity index (χ0n) is 17.9. The number of nitrogens with one attached hydrogen (secondary N) is 1. The van der Waals surface area contributed by atoms with Crippen LogP contribution in [0.5, 0.6) is 5.75 Å². The second-order valence-corrected chi connectivity index (χ2v) is 8.16. The first-order chi connectivity index (χ1) is 14.4. The van der Waals surface area contributed by atoms with Crippen LogP contribution in [0.1, 0.15) is 39.2 Å². The maximum atomic E-state index is 13.0. The second kappa shape index (κ2) is 12.2. The van der Waals surface area contributed by atoms with Gasteiger partial charge in [-0.15, -0.1) is 0 Å². The number of carbonyl (C=O) groups excluding carboxylic acids is 2. The van der Waals surface area contributed by atoms with Gasteiger partial charge >= 0.3 is 0 Å². The summed E-state index contributed by atoms with van der Waals surface area (Å²) in [5, 5.41) is 3.58. The van der Waals surface area contributed by atoms with Crippen molar-refractivity contribution in [2.45, 2.75) is 46.2 Å². The summed E-state index contributed by atoms with van der Waals surface area (Å²) in [6, 6.07) is 16.3. The van der Waals surface area contributed by atoms with Gasteiger partial charge in [0.2, 0.25) is 11.8 Å². The van der Waals surface area contributed by atoms with E-state index in [0.717, 1.165) is 11.3 Å². The summed E-state index contributed by atoms with van der Waals surface area (Å²) in [5.74, 6) is 0.870. The molecule has 0 aromatic heterocycles. The van der Waals surface area contributed by atoms with E-state index in [1.54, 1.807) is 36.1 Å². The van der Waals surface area contributed by atoms with Crippen LogP contribution in [-0.2, 0) is 16.1 Å². The van der Waals surface area contributed by atoms with Crippen LogP contribution < -0.4 is 10.1 Å². The normalized spacial score (nSPS) is 11.8. The van der Waals surface area contributed by atoms with Crippen LogP contribution in [0.15, 0.2) is 54.6 Å². The van der Waals surface area contributed by atoms with Crippen molar-refractivity contribution >= 4 is 23.4 Å². The molecule has 0 radical (unpaired) electrons. The van der Waals surface area contributed by atoms with Crippen molar-refractivity contribution < 1.29 is 14.3 Å². The molecule has 5 nitrogen and oxygen atoms in total. The lowest BCUT2D eigenvalue weighted by Gasteiger charge is -2.29. The van der Waals surface area contributed by atoms with Crippen molar-refractivity contribution in [3.05, 3.63) is 65.2 Å². The molecule has 0 saturated carbocycles. The maximum absolute atomic E-state index is 13.0. The third-order valence-electron chi connectivity index (χ3n) is 4.66. The number of rotatable bonds is 11. The molecule has 2 aromatic rings. The zero-order chi connectivity index (χ0) is 21.9.